The van der Waals surface area contributed by atoms with Gasteiger partial charge in [0.1, 0.15) is 5.82 Å². The Labute approximate surface area is 166 Å². The Morgan fingerprint density at radius 3 is 2.34 bits per heavy atom. The Morgan fingerprint density at radius 2 is 1.66 bits per heavy atom. The van der Waals surface area contributed by atoms with Crippen LogP contribution in [0.15, 0.2) is 56.9 Å². The van der Waals surface area contributed by atoms with Crippen LogP contribution >= 0.6 is 0 Å². The summed E-state index contributed by atoms with van der Waals surface area (Å²) in [4.78, 5) is 24.1. The van der Waals surface area contributed by atoms with Crippen LogP contribution in [0.3, 0.4) is 0 Å². The molecule has 1 aromatic heterocycles. The number of hydrogen-bond acceptors (Lipinski definition) is 4. The van der Waals surface area contributed by atoms with Crippen molar-refractivity contribution in [3.8, 4) is 0 Å². The van der Waals surface area contributed by atoms with Gasteiger partial charge in [0, 0.05) is 20.6 Å². The van der Waals surface area contributed by atoms with Crippen LogP contribution < -0.4 is 11.1 Å². The van der Waals surface area contributed by atoms with E-state index < -0.39 is 33.0 Å². The summed E-state index contributed by atoms with van der Waals surface area (Å²) in [5, 5.41) is 0. The summed E-state index contributed by atoms with van der Waals surface area (Å²) in [7, 11) is -0.974. The number of benzene rings is 2. The zero-order chi connectivity index (χ0) is 20.9. The second-order valence-corrected chi connectivity index (χ2v) is 9.10. The molecule has 2 aromatic carbocycles. The van der Waals surface area contributed by atoms with Gasteiger partial charge in [-0.05, 0) is 48.7 Å². The number of halogens is 1. The molecular weight excluding hydrogens is 397 g/mol. The van der Waals surface area contributed by atoms with Crippen LogP contribution in [0.4, 0.5) is 4.39 Å². The Kier molecular flexibility index (Phi) is 4.66. The highest BCUT2D eigenvalue weighted by Gasteiger charge is 2.36. The monoisotopic (exact) mass is 417 g/mol. The van der Waals surface area contributed by atoms with Crippen LogP contribution in [0.2, 0.25) is 0 Å². The van der Waals surface area contributed by atoms with E-state index in [9.17, 15) is 22.4 Å². The Bertz CT molecular complexity index is 1340. The van der Waals surface area contributed by atoms with E-state index in [1.807, 2.05) is 0 Å². The average molecular weight is 417 g/mol. The van der Waals surface area contributed by atoms with Gasteiger partial charge >= 0.3 is 11.1 Å². The van der Waals surface area contributed by atoms with Crippen LogP contribution in [0.5, 0.6) is 0 Å². The molecule has 3 aromatic rings. The molecule has 29 heavy (non-hydrogen) atoms. The van der Waals surface area contributed by atoms with Crippen molar-refractivity contribution in [1.29, 1.82) is 0 Å². The summed E-state index contributed by atoms with van der Waals surface area (Å²) in [5.74, 6) is -0.409. The number of nitrogens with zero attached hydrogens (tertiary/aromatic N) is 3. The van der Waals surface area contributed by atoms with Gasteiger partial charge in [-0.15, -0.1) is 0 Å². The zero-order valence-corrected chi connectivity index (χ0v) is 16.8. The molecule has 4 rings (SSSR count). The summed E-state index contributed by atoms with van der Waals surface area (Å²) in [6, 6.07) is 9.90. The molecule has 0 bridgehead atoms. The summed E-state index contributed by atoms with van der Waals surface area (Å²) in [5.41, 5.74) is 0.00941. The van der Waals surface area contributed by atoms with Crippen LogP contribution in [0, 0.1) is 5.82 Å². The second kappa shape index (κ2) is 6.93. The summed E-state index contributed by atoms with van der Waals surface area (Å²) in [6.45, 7) is 0.327. The lowest BCUT2D eigenvalue weighted by atomic mass is 10.1. The number of sulfonamides is 1. The minimum absolute atomic E-state index is 0.0296. The number of hydrogen-bond donors (Lipinski definition) is 0. The Hall–Kier alpha value is -2.78. The quantitative estimate of drug-likeness (QED) is 0.610. The lowest BCUT2D eigenvalue weighted by Crippen LogP contribution is -2.39. The predicted molar refractivity (Wildman–Crippen MR) is 107 cm³/mol. The second-order valence-electron chi connectivity index (χ2n) is 7.21. The molecule has 9 heteroatoms. The van der Waals surface area contributed by atoms with Crippen molar-refractivity contribution in [2.24, 2.45) is 14.1 Å². The topological polar surface area (TPSA) is 81.4 Å². The lowest BCUT2D eigenvalue weighted by Gasteiger charge is -2.25. The maximum Gasteiger partial charge on any atom is 0.316 e. The van der Waals surface area contributed by atoms with E-state index in [0.717, 1.165) is 4.57 Å². The van der Waals surface area contributed by atoms with Gasteiger partial charge in [-0.25, -0.2) is 12.8 Å². The largest absolute Gasteiger partial charge is 0.316 e. The maximum atomic E-state index is 13.7. The number of aromatic nitrogens is 2. The van der Waals surface area contributed by atoms with Gasteiger partial charge in [0.2, 0.25) is 10.0 Å². The highest BCUT2D eigenvalue weighted by Crippen LogP contribution is 2.37. The fourth-order valence-electron chi connectivity index (χ4n) is 3.93. The van der Waals surface area contributed by atoms with Gasteiger partial charge in [0.15, 0.2) is 0 Å². The molecule has 152 valence electrons. The van der Waals surface area contributed by atoms with E-state index in [2.05, 4.69) is 0 Å². The van der Waals surface area contributed by atoms with Crippen LogP contribution in [-0.4, -0.2) is 28.4 Å². The third-order valence-corrected chi connectivity index (χ3v) is 7.41. The van der Waals surface area contributed by atoms with Crippen LogP contribution in [-0.2, 0) is 24.1 Å². The van der Waals surface area contributed by atoms with Crippen molar-refractivity contribution < 1.29 is 12.8 Å². The van der Waals surface area contributed by atoms with E-state index >= 15 is 0 Å². The third kappa shape index (κ3) is 3.10. The molecule has 1 aliphatic rings. The molecule has 1 fully saturated rings. The van der Waals surface area contributed by atoms with Gasteiger partial charge in [0.05, 0.1) is 22.0 Å². The minimum Gasteiger partial charge on any atom is -0.305 e. The first kappa shape index (κ1) is 19.5. The normalized spacial score (nSPS) is 17.8. The van der Waals surface area contributed by atoms with Gasteiger partial charge < -0.3 is 9.13 Å². The van der Waals surface area contributed by atoms with Gasteiger partial charge in [-0.3, -0.25) is 9.59 Å². The van der Waals surface area contributed by atoms with Crippen molar-refractivity contribution in [2.75, 3.05) is 6.54 Å². The standard InChI is InChI=1S/C20H20FN3O4S/c1-22-17-9-8-15(12-18(17)23(2)20(26)19(22)25)29(27,28)24-10-4-7-16(24)13-5-3-6-14(21)11-13/h3,5-6,8-9,11-12,16H,4,7,10H2,1-2H3/t16-/m1/s1. The van der Waals surface area contributed by atoms with Crippen molar-refractivity contribution in [2.45, 2.75) is 23.8 Å². The Morgan fingerprint density at radius 1 is 0.966 bits per heavy atom. The highest BCUT2D eigenvalue weighted by molar-refractivity contribution is 7.89. The van der Waals surface area contributed by atoms with Crippen molar-refractivity contribution in [1.82, 2.24) is 13.4 Å². The third-order valence-electron chi connectivity index (χ3n) is 5.51. The molecule has 2 heterocycles. The van der Waals surface area contributed by atoms with Gasteiger partial charge in [-0.1, -0.05) is 12.1 Å². The fourth-order valence-corrected chi connectivity index (χ4v) is 5.63. The molecule has 0 spiro atoms. The van der Waals surface area contributed by atoms with E-state index in [-0.39, 0.29) is 4.90 Å². The van der Waals surface area contributed by atoms with E-state index in [0.29, 0.717) is 36.0 Å². The zero-order valence-electron chi connectivity index (χ0n) is 16.0. The van der Waals surface area contributed by atoms with E-state index in [4.69, 9.17) is 0 Å². The predicted octanol–water partition coefficient (Wildman–Crippen LogP) is 1.90. The fraction of sp³-hybridized carbons (Fsp3) is 0.300. The summed E-state index contributed by atoms with van der Waals surface area (Å²) < 4.78 is 44.2. The molecule has 0 N–H and O–H groups in total. The molecule has 7 nitrogen and oxygen atoms in total. The molecule has 0 unspecified atom stereocenters. The minimum atomic E-state index is -3.88. The first-order valence-electron chi connectivity index (χ1n) is 9.19. The highest BCUT2D eigenvalue weighted by atomic mass is 32.2. The van der Waals surface area contributed by atoms with Crippen molar-refractivity contribution >= 4 is 21.1 Å². The summed E-state index contributed by atoms with van der Waals surface area (Å²) >= 11 is 0. The Balaban J connectivity index is 1.84. The van der Waals surface area contributed by atoms with Crippen molar-refractivity contribution in [3.63, 3.8) is 0 Å². The average Bonchev–Trinajstić information content (AvgIpc) is 3.21. The smallest absolute Gasteiger partial charge is 0.305 e. The molecule has 0 saturated carbocycles. The summed E-state index contributed by atoms with van der Waals surface area (Å²) in [6.07, 6.45) is 1.27. The van der Waals surface area contributed by atoms with Crippen LogP contribution in [0.1, 0.15) is 24.4 Å². The molecule has 0 amide bonds. The molecule has 0 aliphatic carbocycles. The lowest BCUT2D eigenvalue weighted by molar-refractivity contribution is 0.395. The first-order valence-corrected chi connectivity index (χ1v) is 10.6. The molecule has 1 aliphatic heterocycles. The number of aryl methyl sites for hydroxylation is 2. The SMILES string of the molecule is Cn1c(=O)c(=O)n(C)c2cc(S(=O)(=O)N3CCC[C@@H]3c3cccc(F)c3)ccc21. The first-order chi connectivity index (χ1) is 13.7. The number of fused-ring (bicyclic) bond motifs is 1. The molecular formula is C20H20FN3O4S. The van der Waals surface area contributed by atoms with Gasteiger partial charge in [0.25, 0.3) is 0 Å². The maximum absolute atomic E-state index is 13.7. The molecule has 1 atom stereocenters. The van der Waals surface area contributed by atoms with Gasteiger partial charge in [-0.2, -0.15) is 4.31 Å². The number of rotatable bonds is 3. The van der Waals surface area contributed by atoms with E-state index in [1.54, 1.807) is 12.1 Å². The molecule has 1 saturated heterocycles. The van der Waals surface area contributed by atoms with Crippen LogP contribution in [0.25, 0.3) is 11.0 Å². The molecule has 0 radical (unpaired) electrons. The van der Waals surface area contributed by atoms with Crippen molar-refractivity contribution in [3.05, 3.63) is 74.6 Å². The van der Waals surface area contributed by atoms with E-state index in [1.165, 1.54) is 53.3 Å².